The first-order valence-corrected chi connectivity index (χ1v) is 13.2. The van der Waals surface area contributed by atoms with Crippen molar-refractivity contribution in [2.45, 2.75) is 6.92 Å². The number of benzene rings is 2. The van der Waals surface area contributed by atoms with Gasteiger partial charge in [-0.2, -0.15) is 6.07 Å². The Morgan fingerprint density at radius 3 is 2.63 bits per heavy atom. The molecule has 41 heavy (non-hydrogen) atoms. The molecule has 0 atom stereocenters. The Kier molecular flexibility index (Phi) is 10.5. The average molecular weight is 768 g/mol. The Bertz CT molecular complexity index is 1700. The molecule has 2 aromatic carbocycles. The number of aromatic nitrogens is 2. The summed E-state index contributed by atoms with van der Waals surface area (Å²) in [4.78, 5) is 48.5. The molecule has 2 heterocycles. The molecule has 12 nitrogen and oxygen atoms in total. The van der Waals surface area contributed by atoms with Gasteiger partial charge in [0.05, 0.1) is 6.61 Å². The summed E-state index contributed by atoms with van der Waals surface area (Å²) in [5.41, 5.74) is 4.51. The van der Waals surface area contributed by atoms with E-state index in [2.05, 4.69) is 20.9 Å². The fourth-order valence-corrected chi connectivity index (χ4v) is 3.98. The summed E-state index contributed by atoms with van der Waals surface area (Å²) in [6.07, 6.45) is 2.65. The Morgan fingerprint density at radius 2 is 1.95 bits per heavy atom. The second kappa shape index (κ2) is 13.4. The number of carbonyl (C=O) groups is 1. The summed E-state index contributed by atoms with van der Waals surface area (Å²) in [5, 5.41) is 2.45. The number of phosphoric ester groups is 1. The van der Waals surface area contributed by atoms with Crippen LogP contribution in [-0.2, 0) is 30.4 Å². The number of nitrogens with one attached hydrogen (secondary N) is 1. The average Bonchev–Trinajstić information content (AvgIpc) is 2.87. The smallest absolute Gasteiger partial charge is 0.493 e. The van der Waals surface area contributed by atoms with Gasteiger partial charge in [-0.15, -0.1) is 18.2 Å². The van der Waals surface area contributed by atoms with Crippen molar-refractivity contribution < 1.29 is 63.4 Å². The van der Waals surface area contributed by atoms with Crippen LogP contribution in [-0.4, -0.2) is 31.9 Å². The van der Waals surface area contributed by atoms with Crippen LogP contribution in [0, 0.1) is 11.9 Å². The van der Waals surface area contributed by atoms with Gasteiger partial charge >= 0.3 is 7.82 Å². The van der Waals surface area contributed by atoms with E-state index in [0.29, 0.717) is 0 Å². The molecule has 0 bridgehead atoms. The van der Waals surface area contributed by atoms with Crippen molar-refractivity contribution in [1.29, 1.82) is 0 Å². The zero-order chi connectivity index (χ0) is 29.0. The molecule has 5 N–H and O–H groups in total. The number of amides is 1. The zero-order valence-electron chi connectivity index (χ0n) is 21.0. The Balaban J connectivity index is 0.00000462. The molecule has 1 amide bonds. The molecule has 0 unspecified atom stereocenters. The van der Waals surface area contributed by atoms with Crippen molar-refractivity contribution in [2.75, 3.05) is 17.7 Å². The number of pyridine rings is 2. The van der Waals surface area contributed by atoms with E-state index in [0.717, 1.165) is 16.7 Å². The molecular weight excluding hydrogens is 748 g/mol. The predicted octanol–water partition coefficient (Wildman–Crippen LogP) is 4.32. The van der Waals surface area contributed by atoms with Gasteiger partial charge in [0.25, 0.3) is 11.5 Å². The molecule has 0 radical (unpaired) electrons. The fourth-order valence-electron chi connectivity index (χ4n) is 3.46. The van der Waals surface area contributed by atoms with Crippen molar-refractivity contribution in [1.82, 2.24) is 9.55 Å². The monoisotopic (exact) mass is 769 g/mol. The first-order chi connectivity index (χ1) is 19.0. The van der Waals surface area contributed by atoms with Crippen molar-refractivity contribution in [2.24, 2.45) is 0 Å². The second-order valence-electron chi connectivity index (χ2n) is 7.87. The van der Waals surface area contributed by atoms with Gasteiger partial charge < -0.3 is 29.6 Å². The molecule has 0 fully saturated rings. The van der Waals surface area contributed by atoms with Crippen molar-refractivity contribution >= 4 is 36.8 Å². The summed E-state index contributed by atoms with van der Waals surface area (Å²) < 4.78 is 42.5. The van der Waals surface area contributed by atoms with Crippen LogP contribution in [0.15, 0.2) is 65.7 Å². The van der Waals surface area contributed by atoms with E-state index in [-0.39, 0.29) is 77.7 Å². The molecule has 0 aliphatic heterocycles. The molecule has 16 heteroatoms. The fraction of sp³-hybridized carbons (Fsp3) is 0.0800. The minimum Gasteiger partial charge on any atom is -0.493 e. The van der Waals surface area contributed by atoms with Crippen LogP contribution in [0.2, 0.25) is 5.02 Å². The normalized spacial score (nSPS) is 10.9. The molecular formula is C25H20ClFHfN4O8P-. The van der Waals surface area contributed by atoms with Gasteiger partial charge in [-0.05, 0) is 25.1 Å². The summed E-state index contributed by atoms with van der Waals surface area (Å²) >= 11 is 6.03. The number of anilines is 2. The molecule has 212 valence electrons. The number of nitrogen functional groups attached to an aromatic ring is 1. The Hall–Kier alpha value is -3.55. The molecule has 2 aromatic heterocycles. The third kappa shape index (κ3) is 7.80. The number of carbonyl (C=O) groups excluding carboxylic acids is 1. The number of rotatable bonds is 9. The van der Waals surface area contributed by atoms with Crippen molar-refractivity contribution in [3.63, 3.8) is 0 Å². The summed E-state index contributed by atoms with van der Waals surface area (Å²) in [7, 11) is -4.88. The molecule has 0 spiro atoms. The molecule has 0 aliphatic rings. The number of hydrogen-bond donors (Lipinski definition) is 4. The second-order valence-corrected chi connectivity index (χ2v) is 9.41. The zero-order valence-corrected chi connectivity index (χ0v) is 26.2. The summed E-state index contributed by atoms with van der Waals surface area (Å²) in [6.45, 7) is 1.79. The third-order valence-corrected chi connectivity index (χ3v) is 5.94. The van der Waals surface area contributed by atoms with Crippen LogP contribution in [0.1, 0.15) is 17.3 Å². The van der Waals surface area contributed by atoms with E-state index in [1.54, 1.807) is 6.92 Å². The number of hydrogen-bond acceptors (Lipinski definition) is 8. The number of ether oxygens (including phenoxy) is 2. The first kappa shape index (κ1) is 32.0. The largest absolute Gasteiger partial charge is 0.522 e. The minimum atomic E-state index is -4.88. The number of phosphoric acid groups is 1. The van der Waals surface area contributed by atoms with Crippen LogP contribution in [0.5, 0.6) is 23.0 Å². The van der Waals surface area contributed by atoms with E-state index in [9.17, 15) is 18.5 Å². The van der Waals surface area contributed by atoms with Crippen LogP contribution in [0.4, 0.5) is 15.9 Å². The first-order valence-electron chi connectivity index (χ1n) is 11.3. The summed E-state index contributed by atoms with van der Waals surface area (Å²) in [5.74, 6) is -2.26. The standard InChI is InChI=1S/C25H20ClFN4O8P.Hf/c1-2-37-19-9-11-31(15-4-3-5-16(13-15)39-40(34,35)36)25(33)21(19)24(32)30-14-6-7-18(17(27)12-14)38-20-8-10-29-23(28)22(20)26;/h3-4,6-13H,2H2,1H3,(H2,28,29)(H,30,32)(H2,34,35,36);/q-1;. The van der Waals surface area contributed by atoms with Gasteiger partial charge in [0.1, 0.15) is 22.2 Å². The van der Waals surface area contributed by atoms with Crippen LogP contribution in [0.25, 0.3) is 5.69 Å². The van der Waals surface area contributed by atoms with Gasteiger partial charge in [-0.1, -0.05) is 17.3 Å². The van der Waals surface area contributed by atoms with Crippen LogP contribution < -0.4 is 30.6 Å². The maximum Gasteiger partial charge on any atom is 0.522 e. The Morgan fingerprint density at radius 1 is 1.20 bits per heavy atom. The maximum absolute atomic E-state index is 14.8. The molecule has 0 saturated heterocycles. The topological polar surface area (TPSA) is 175 Å². The molecule has 4 rings (SSSR count). The third-order valence-electron chi connectivity index (χ3n) is 5.13. The summed E-state index contributed by atoms with van der Waals surface area (Å²) in [6, 6.07) is 12.7. The van der Waals surface area contributed by atoms with Gasteiger partial charge in [0, 0.05) is 61.8 Å². The molecule has 4 aromatic rings. The van der Waals surface area contributed by atoms with Crippen LogP contribution >= 0.6 is 19.4 Å². The van der Waals surface area contributed by atoms with E-state index in [1.807, 2.05) is 0 Å². The van der Waals surface area contributed by atoms with Gasteiger partial charge in [0.2, 0.25) is 0 Å². The SMILES string of the molecule is CCOc1ccn(-c2cc[c-]c(OP(=O)(O)O)c2)c(=O)c1C(=O)Nc1ccc(Oc2ccnc(N)c2Cl)c(F)c1.[Hf]. The van der Waals surface area contributed by atoms with E-state index in [1.165, 1.54) is 48.8 Å². The van der Waals surface area contributed by atoms with Gasteiger partial charge in [0.15, 0.2) is 17.3 Å². The number of nitrogens with zero attached hydrogens (tertiary/aromatic N) is 2. The van der Waals surface area contributed by atoms with Crippen LogP contribution in [0.3, 0.4) is 0 Å². The Labute approximate surface area is 255 Å². The maximum atomic E-state index is 14.8. The van der Waals surface area contributed by atoms with E-state index >= 15 is 0 Å². The molecule has 0 saturated carbocycles. The predicted molar refractivity (Wildman–Crippen MR) is 143 cm³/mol. The van der Waals surface area contributed by atoms with E-state index in [4.69, 9.17) is 36.6 Å². The van der Waals surface area contributed by atoms with Crippen molar-refractivity contribution in [3.05, 3.63) is 93.7 Å². The van der Waals surface area contributed by atoms with E-state index < -0.39 is 30.7 Å². The molecule has 0 aliphatic carbocycles. The van der Waals surface area contributed by atoms with Crippen molar-refractivity contribution in [3.8, 4) is 28.7 Å². The minimum absolute atomic E-state index is 0. The quantitative estimate of drug-likeness (QED) is 0.109. The van der Waals surface area contributed by atoms with Gasteiger partial charge in [-0.25, -0.2) is 13.9 Å². The number of halogens is 2. The van der Waals surface area contributed by atoms with Gasteiger partial charge in [-0.3, -0.25) is 19.4 Å². The number of nitrogens with two attached hydrogens (primary N) is 1.